The first-order valence-electron chi connectivity index (χ1n) is 7.61. The van der Waals surface area contributed by atoms with Gasteiger partial charge in [0, 0.05) is 18.3 Å². The Bertz CT molecular complexity index is 627. The van der Waals surface area contributed by atoms with E-state index in [2.05, 4.69) is 23.5 Å². The minimum absolute atomic E-state index is 0.0227. The van der Waals surface area contributed by atoms with Gasteiger partial charge < -0.3 is 19.9 Å². The Labute approximate surface area is 130 Å². The van der Waals surface area contributed by atoms with E-state index in [1.165, 1.54) is 16.7 Å². The van der Waals surface area contributed by atoms with Gasteiger partial charge >= 0.3 is 0 Å². The Hall–Kier alpha value is -2.04. The maximum absolute atomic E-state index is 8.79. The van der Waals surface area contributed by atoms with Gasteiger partial charge in [-0.2, -0.15) is 0 Å². The number of rotatable bonds is 6. The summed E-state index contributed by atoms with van der Waals surface area (Å²) in [6, 6.07) is 14.4. The average Bonchev–Trinajstić information content (AvgIpc) is 2.58. The Morgan fingerprint density at radius 2 is 2.09 bits per heavy atom. The SMILES string of the molecule is OCCOc1cccc(NCc2ccc3c(c2)COCC3)c1. The Morgan fingerprint density at radius 3 is 3.00 bits per heavy atom. The van der Waals surface area contributed by atoms with Crippen LogP contribution < -0.4 is 10.1 Å². The fourth-order valence-corrected chi connectivity index (χ4v) is 2.60. The third kappa shape index (κ3) is 3.78. The van der Waals surface area contributed by atoms with Crippen LogP contribution in [0, 0.1) is 0 Å². The van der Waals surface area contributed by atoms with Gasteiger partial charge in [-0.1, -0.05) is 24.3 Å². The fourth-order valence-electron chi connectivity index (χ4n) is 2.60. The van der Waals surface area contributed by atoms with Crippen LogP contribution in [0.15, 0.2) is 42.5 Å². The van der Waals surface area contributed by atoms with E-state index in [-0.39, 0.29) is 6.61 Å². The van der Waals surface area contributed by atoms with Gasteiger partial charge in [0.15, 0.2) is 0 Å². The highest BCUT2D eigenvalue weighted by Gasteiger charge is 2.09. The van der Waals surface area contributed by atoms with Gasteiger partial charge in [-0.15, -0.1) is 0 Å². The molecule has 0 bridgehead atoms. The zero-order valence-corrected chi connectivity index (χ0v) is 12.5. The molecular weight excluding hydrogens is 278 g/mol. The first kappa shape index (κ1) is 14.9. The smallest absolute Gasteiger partial charge is 0.121 e. The summed E-state index contributed by atoms with van der Waals surface area (Å²) in [5.41, 5.74) is 4.94. The van der Waals surface area contributed by atoms with E-state index in [1.54, 1.807) is 0 Å². The summed E-state index contributed by atoms with van der Waals surface area (Å²) in [6.07, 6.45) is 1.01. The number of ether oxygens (including phenoxy) is 2. The standard InChI is InChI=1S/C18H21NO3/c20-7-9-22-18-3-1-2-17(11-18)19-12-14-4-5-15-6-8-21-13-16(15)10-14/h1-5,10-11,19-20H,6-9,12-13H2. The second-order valence-electron chi connectivity index (χ2n) is 5.36. The molecule has 0 aliphatic carbocycles. The molecule has 0 saturated carbocycles. The molecule has 2 aromatic rings. The average molecular weight is 299 g/mol. The van der Waals surface area contributed by atoms with Crippen LogP contribution in [-0.4, -0.2) is 24.9 Å². The van der Waals surface area contributed by atoms with Crippen molar-refractivity contribution in [2.75, 3.05) is 25.1 Å². The molecule has 0 amide bonds. The molecule has 0 radical (unpaired) electrons. The molecule has 3 rings (SSSR count). The van der Waals surface area contributed by atoms with Crippen LogP contribution in [-0.2, 0) is 24.3 Å². The van der Waals surface area contributed by atoms with Gasteiger partial charge in [0.2, 0.25) is 0 Å². The van der Waals surface area contributed by atoms with Crippen molar-refractivity contribution in [1.82, 2.24) is 0 Å². The maximum atomic E-state index is 8.79. The van der Waals surface area contributed by atoms with E-state index in [9.17, 15) is 0 Å². The molecule has 4 heteroatoms. The summed E-state index contributed by atoms with van der Waals surface area (Å²) in [6.45, 7) is 2.64. The van der Waals surface area contributed by atoms with Crippen molar-refractivity contribution < 1.29 is 14.6 Å². The number of aliphatic hydroxyl groups is 1. The molecule has 4 nitrogen and oxygen atoms in total. The Balaban J connectivity index is 1.62. The lowest BCUT2D eigenvalue weighted by molar-refractivity contribution is 0.110. The largest absolute Gasteiger partial charge is 0.491 e. The van der Waals surface area contributed by atoms with Crippen LogP contribution in [0.4, 0.5) is 5.69 Å². The van der Waals surface area contributed by atoms with Crippen molar-refractivity contribution in [2.24, 2.45) is 0 Å². The van der Waals surface area contributed by atoms with E-state index >= 15 is 0 Å². The highest BCUT2D eigenvalue weighted by Crippen LogP contribution is 2.21. The number of benzene rings is 2. The molecule has 0 unspecified atom stereocenters. The molecule has 22 heavy (non-hydrogen) atoms. The molecule has 0 spiro atoms. The van der Waals surface area contributed by atoms with Crippen LogP contribution in [0.3, 0.4) is 0 Å². The third-order valence-electron chi connectivity index (χ3n) is 3.73. The van der Waals surface area contributed by atoms with Crippen LogP contribution >= 0.6 is 0 Å². The topological polar surface area (TPSA) is 50.7 Å². The predicted octanol–water partition coefficient (Wildman–Crippen LogP) is 2.74. The highest BCUT2D eigenvalue weighted by atomic mass is 16.5. The molecule has 0 saturated heterocycles. The highest BCUT2D eigenvalue weighted by molar-refractivity contribution is 5.48. The second kappa shape index (κ2) is 7.29. The normalized spacial score (nSPS) is 13.5. The summed E-state index contributed by atoms with van der Waals surface area (Å²) in [7, 11) is 0. The number of nitrogens with one attached hydrogen (secondary N) is 1. The quantitative estimate of drug-likeness (QED) is 0.861. The van der Waals surface area contributed by atoms with Crippen LogP contribution in [0.2, 0.25) is 0 Å². The lowest BCUT2D eigenvalue weighted by atomic mass is 10.0. The van der Waals surface area contributed by atoms with E-state index in [0.717, 1.165) is 31.0 Å². The van der Waals surface area contributed by atoms with Crippen molar-refractivity contribution in [2.45, 2.75) is 19.6 Å². The Kier molecular flexibility index (Phi) is 4.93. The number of aliphatic hydroxyl groups excluding tert-OH is 1. The lowest BCUT2D eigenvalue weighted by Gasteiger charge is -2.17. The van der Waals surface area contributed by atoms with Crippen LogP contribution in [0.25, 0.3) is 0 Å². The number of fused-ring (bicyclic) bond motifs is 1. The maximum Gasteiger partial charge on any atom is 0.121 e. The molecule has 116 valence electrons. The van der Waals surface area contributed by atoms with Crippen LogP contribution in [0.1, 0.15) is 16.7 Å². The van der Waals surface area contributed by atoms with Crippen molar-refractivity contribution in [3.8, 4) is 5.75 Å². The van der Waals surface area contributed by atoms with Gasteiger partial charge in [0.05, 0.1) is 19.8 Å². The first-order chi connectivity index (χ1) is 10.8. The summed E-state index contributed by atoms with van der Waals surface area (Å²) in [4.78, 5) is 0. The first-order valence-corrected chi connectivity index (χ1v) is 7.61. The summed E-state index contributed by atoms with van der Waals surface area (Å²) >= 11 is 0. The molecule has 0 fully saturated rings. The van der Waals surface area contributed by atoms with Crippen molar-refractivity contribution in [1.29, 1.82) is 0 Å². The van der Waals surface area contributed by atoms with E-state index < -0.39 is 0 Å². The summed E-state index contributed by atoms with van der Waals surface area (Å²) < 4.78 is 10.9. The molecule has 0 aromatic heterocycles. The van der Waals surface area contributed by atoms with E-state index in [1.807, 2.05) is 24.3 Å². The minimum atomic E-state index is 0.0227. The van der Waals surface area contributed by atoms with Crippen molar-refractivity contribution in [3.05, 3.63) is 59.2 Å². The van der Waals surface area contributed by atoms with Gasteiger partial charge in [0.1, 0.15) is 12.4 Å². The molecule has 1 aliphatic heterocycles. The number of hydrogen-bond donors (Lipinski definition) is 2. The van der Waals surface area contributed by atoms with Crippen LogP contribution in [0.5, 0.6) is 5.75 Å². The second-order valence-corrected chi connectivity index (χ2v) is 5.36. The van der Waals surface area contributed by atoms with Gasteiger partial charge in [-0.3, -0.25) is 0 Å². The van der Waals surface area contributed by atoms with Gasteiger partial charge in [-0.25, -0.2) is 0 Å². The number of anilines is 1. The van der Waals surface area contributed by atoms with Crippen molar-refractivity contribution >= 4 is 5.69 Å². The summed E-state index contributed by atoms with van der Waals surface area (Å²) in [5, 5.41) is 12.2. The van der Waals surface area contributed by atoms with E-state index in [4.69, 9.17) is 14.6 Å². The summed E-state index contributed by atoms with van der Waals surface area (Å²) in [5.74, 6) is 0.762. The minimum Gasteiger partial charge on any atom is -0.491 e. The predicted molar refractivity (Wildman–Crippen MR) is 86.2 cm³/mol. The lowest BCUT2D eigenvalue weighted by Crippen LogP contribution is -2.10. The molecule has 2 N–H and O–H groups in total. The van der Waals surface area contributed by atoms with E-state index in [0.29, 0.717) is 13.2 Å². The third-order valence-corrected chi connectivity index (χ3v) is 3.73. The molecule has 1 aliphatic rings. The Morgan fingerprint density at radius 1 is 1.14 bits per heavy atom. The zero-order valence-electron chi connectivity index (χ0n) is 12.5. The number of hydrogen-bond acceptors (Lipinski definition) is 4. The molecular formula is C18H21NO3. The zero-order chi connectivity index (χ0) is 15.2. The molecule has 0 atom stereocenters. The van der Waals surface area contributed by atoms with Gasteiger partial charge in [-0.05, 0) is 35.2 Å². The van der Waals surface area contributed by atoms with Crippen molar-refractivity contribution in [3.63, 3.8) is 0 Å². The monoisotopic (exact) mass is 299 g/mol. The molecule has 2 aromatic carbocycles. The fraction of sp³-hybridized carbons (Fsp3) is 0.333. The van der Waals surface area contributed by atoms with Gasteiger partial charge in [0.25, 0.3) is 0 Å². The molecule has 1 heterocycles.